The average Bonchev–Trinajstić information content (AvgIpc) is 3.22. The average molecular weight is 471 g/mol. The molecular formula is C27H26N4O4. The number of carbonyl (C=O) groups excluding carboxylic acids is 2. The number of anilines is 2. The number of fused-ring (bicyclic) bond motifs is 1. The van der Waals surface area contributed by atoms with Crippen molar-refractivity contribution < 1.29 is 19.5 Å². The molecule has 0 unspecified atom stereocenters. The van der Waals surface area contributed by atoms with E-state index in [0.29, 0.717) is 35.5 Å². The topological polar surface area (TPSA) is 113 Å². The number of benzene rings is 2. The molecule has 1 amide bonds. The van der Waals surface area contributed by atoms with Crippen molar-refractivity contribution in [2.24, 2.45) is 5.41 Å². The smallest absolute Gasteiger partial charge is 0.335 e. The number of aryl methyl sites for hydroxylation is 1. The molecule has 1 atom stereocenters. The number of amides is 1. The number of aromatic nitrogens is 2. The molecule has 2 aromatic carbocycles. The fourth-order valence-electron chi connectivity index (χ4n) is 4.83. The standard InChI is InChI=1S/C27H26N4O4/c1-15-4-10-18(11-5-15)29-25(33)19-14-28-31-23(16-6-8-17(9-7-16)26(34)35)22-20(30-24(19)31)12-27(2,3)13-21(22)32/h4-11,14,23,30H,12-13H2,1-3H3,(H,29,33)(H,34,35)/t23-/m1/s1. The summed E-state index contributed by atoms with van der Waals surface area (Å²) in [5.41, 5.74) is 4.16. The quantitative estimate of drug-likeness (QED) is 0.505. The first-order chi connectivity index (χ1) is 16.6. The number of hydrogen-bond donors (Lipinski definition) is 3. The Hall–Kier alpha value is -4.20. The number of carboxylic acids is 1. The molecular weight excluding hydrogens is 444 g/mol. The van der Waals surface area contributed by atoms with E-state index in [2.05, 4.69) is 15.7 Å². The van der Waals surface area contributed by atoms with Crippen molar-refractivity contribution >= 4 is 29.2 Å². The predicted octanol–water partition coefficient (Wildman–Crippen LogP) is 4.80. The van der Waals surface area contributed by atoms with E-state index in [1.165, 1.54) is 18.3 Å². The summed E-state index contributed by atoms with van der Waals surface area (Å²) in [6, 6.07) is 13.4. The Morgan fingerprint density at radius 1 is 1.09 bits per heavy atom. The van der Waals surface area contributed by atoms with Gasteiger partial charge in [0.2, 0.25) is 0 Å². The molecule has 8 heteroatoms. The van der Waals surface area contributed by atoms with Gasteiger partial charge in [0.05, 0.1) is 11.8 Å². The number of nitrogens with zero attached hydrogens (tertiary/aromatic N) is 2. The molecule has 0 saturated heterocycles. The molecule has 3 N–H and O–H groups in total. The molecule has 0 saturated carbocycles. The van der Waals surface area contributed by atoms with Gasteiger partial charge in [-0.15, -0.1) is 0 Å². The zero-order chi connectivity index (χ0) is 24.9. The van der Waals surface area contributed by atoms with Gasteiger partial charge in [0.25, 0.3) is 5.91 Å². The van der Waals surface area contributed by atoms with Gasteiger partial charge < -0.3 is 15.7 Å². The van der Waals surface area contributed by atoms with Crippen LogP contribution in [0.15, 0.2) is 66.0 Å². The fraction of sp³-hybridized carbons (Fsp3) is 0.259. The van der Waals surface area contributed by atoms with Crippen LogP contribution in [0.5, 0.6) is 0 Å². The first-order valence-electron chi connectivity index (χ1n) is 11.4. The lowest BCUT2D eigenvalue weighted by Gasteiger charge is -2.39. The van der Waals surface area contributed by atoms with Crippen LogP contribution >= 0.6 is 0 Å². The van der Waals surface area contributed by atoms with Crippen molar-refractivity contribution in [1.82, 2.24) is 9.78 Å². The van der Waals surface area contributed by atoms with Crippen molar-refractivity contribution in [3.63, 3.8) is 0 Å². The van der Waals surface area contributed by atoms with Gasteiger partial charge in [-0.25, -0.2) is 9.48 Å². The Morgan fingerprint density at radius 3 is 2.43 bits per heavy atom. The number of aromatic carboxylic acids is 1. The predicted molar refractivity (Wildman–Crippen MR) is 132 cm³/mol. The molecule has 1 aromatic heterocycles. The van der Waals surface area contributed by atoms with Gasteiger partial charge in [0.15, 0.2) is 5.78 Å². The second-order valence-electron chi connectivity index (χ2n) is 9.96. The molecule has 35 heavy (non-hydrogen) atoms. The highest BCUT2D eigenvalue weighted by atomic mass is 16.4. The third-order valence-electron chi connectivity index (χ3n) is 6.53. The largest absolute Gasteiger partial charge is 0.478 e. The van der Waals surface area contributed by atoms with Crippen LogP contribution < -0.4 is 10.6 Å². The Labute approximate surface area is 202 Å². The molecule has 1 aliphatic carbocycles. The summed E-state index contributed by atoms with van der Waals surface area (Å²) in [6.07, 6.45) is 2.54. The van der Waals surface area contributed by atoms with E-state index in [9.17, 15) is 19.5 Å². The molecule has 2 aliphatic rings. The van der Waals surface area contributed by atoms with Crippen molar-refractivity contribution in [1.29, 1.82) is 0 Å². The lowest BCUT2D eigenvalue weighted by atomic mass is 9.73. The molecule has 2 heterocycles. The number of carboxylic acid groups (broad SMARTS) is 1. The molecule has 8 nitrogen and oxygen atoms in total. The summed E-state index contributed by atoms with van der Waals surface area (Å²) < 4.78 is 1.65. The minimum Gasteiger partial charge on any atom is -0.478 e. The van der Waals surface area contributed by atoms with Gasteiger partial charge in [-0.05, 0) is 48.6 Å². The molecule has 178 valence electrons. The van der Waals surface area contributed by atoms with Crippen molar-refractivity contribution in [3.05, 3.63) is 88.3 Å². The second-order valence-corrected chi connectivity index (χ2v) is 9.96. The molecule has 3 aromatic rings. The van der Waals surface area contributed by atoms with E-state index < -0.39 is 12.0 Å². The van der Waals surface area contributed by atoms with Gasteiger partial charge in [-0.3, -0.25) is 9.59 Å². The highest BCUT2D eigenvalue weighted by Gasteiger charge is 2.42. The van der Waals surface area contributed by atoms with E-state index in [0.717, 1.165) is 16.8 Å². The molecule has 0 spiro atoms. The second kappa shape index (κ2) is 8.23. The maximum atomic E-state index is 13.3. The van der Waals surface area contributed by atoms with Gasteiger partial charge >= 0.3 is 5.97 Å². The Morgan fingerprint density at radius 2 is 1.77 bits per heavy atom. The number of Topliss-reactive ketones (excluding diaryl/α,β-unsaturated/α-hetero) is 1. The summed E-state index contributed by atoms with van der Waals surface area (Å²) >= 11 is 0. The summed E-state index contributed by atoms with van der Waals surface area (Å²) in [4.78, 5) is 37.9. The maximum absolute atomic E-state index is 13.3. The minimum absolute atomic E-state index is 0.0165. The van der Waals surface area contributed by atoms with E-state index >= 15 is 0 Å². The summed E-state index contributed by atoms with van der Waals surface area (Å²) in [5, 5.41) is 20.1. The first-order valence-corrected chi connectivity index (χ1v) is 11.4. The lowest BCUT2D eigenvalue weighted by molar-refractivity contribution is -0.118. The van der Waals surface area contributed by atoms with Crippen molar-refractivity contribution in [2.75, 3.05) is 10.6 Å². The zero-order valence-corrected chi connectivity index (χ0v) is 19.8. The SMILES string of the molecule is Cc1ccc(NC(=O)c2cnn3c2NC2=C(C(=O)CC(C)(C)C2)[C@H]3c2ccc(C(=O)O)cc2)cc1. The van der Waals surface area contributed by atoms with Crippen molar-refractivity contribution in [2.45, 2.75) is 39.7 Å². The normalized spacial score (nSPS) is 18.4. The van der Waals surface area contributed by atoms with Crippen LogP contribution in [0.4, 0.5) is 11.5 Å². The highest BCUT2D eigenvalue weighted by Crippen LogP contribution is 2.46. The molecule has 0 fully saturated rings. The van der Waals surface area contributed by atoms with E-state index in [4.69, 9.17) is 0 Å². The van der Waals surface area contributed by atoms with Crippen LogP contribution in [0, 0.1) is 12.3 Å². The Bertz CT molecular complexity index is 1380. The van der Waals surface area contributed by atoms with Crippen LogP contribution in [-0.4, -0.2) is 32.5 Å². The van der Waals surface area contributed by atoms with Crippen LogP contribution in [0.2, 0.25) is 0 Å². The summed E-state index contributed by atoms with van der Waals surface area (Å²) in [7, 11) is 0. The van der Waals surface area contributed by atoms with E-state index in [-0.39, 0.29) is 22.7 Å². The summed E-state index contributed by atoms with van der Waals surface area (Å²) in [5.74, 6) is -0.811. The number of allylic oxidation sites excluding steroid dienone is 2. The van der Waals surface area contributed by atoms with Gasteiger partial charge in [-0.2, -0.15) is 5.10 Å². The van der Waals surface area contributed by atoms with Crippen molar-refractivity contribution in [3.8, 4) is 0 Å². The molecule has 1 aliphatic heterocycles. The van der Waals surface area contributed by atoms with E-state index in [1.807, 2.05) is 45.0 Å². The fourth-order valence-corrected chi connectivity index (χ4v) is 4.83. The number of hydrogen-bond acceptors (Lipinski definition) is 5. The third kappa shape index (κ3) is 4.12. The van der Waals surface area contributed by atoms with Crippen LogP contribution in [0.3, 0.4) is 0 Å². The Balaban J connectivity index is 1.58. The summed E-state index contributed by atoms with van der Waals surface area (Å²) in [6.45, 7) is 6.07. The number of rotatable bonds is 4. The van der Waals surface area contributed by atoms with Gasteiger partial charge in [0.1, 0.15) is 17.4 Å². The number of nitrogens with one attached hydrogen (secondary N) is 2. The van der Waals surface area contributed by atoms with Crippen LogP contribution in [-0.2, 0) is 4.79 Å². The lowest BCUT2D eigenvalue weighted by Crippen LogP contribution is -2.37. The zero-order valence-electron chi connectivity index (χ0n) is 19.8. The van der Waals surface area contributed by atoms with Gasteiger partial charge in [0, 0.05) is 23.4 Å². The number of ketones is 1. The maximum Gasteiger partial charge on any atom is 0.335 e. The minimum atomic E-state index is -1.02. The third-order valence-corrected chi connectivity index (χ3v) is 6.53. The molecule has 0 bridgehead atoms. The Kier molecular flexibility index (Phi) is 5.31. The van der Waals surface area contributed by atoms with Crippen LogP contribution in [0.25, 0.3) is 0 Å². The molecule has 0 radical (unpaired) electrons. The van der Waals surface area contributed by atoms with Gasteiger partial charge in [-0.1, -0.05) is 43.7 Å². The number of carbonyl (C=O) groups is 3. The highest BCUT2D eigenvalue weighted by molar-refractivity contribution is 6.08. The molecule has 5 rings (SSSR count). The first kappa shape index (κ1) is 22.6. The monoisotopic (exact) mass is 470 g/mol. The van der Waals surface area contributed by atoms with Crippen LogP contribution in [0.1, 0.15) is 64.6 Å². The van der Waals surface area contributed by atoms with E-state index in [1.54, 1.807) is 16.8 Å².